The number of ether oxygens (including phenoxy) is 2. The second-order valence-corrected chi connectivity index (χ2v) is 13.5. The number of likely N-dealkylation sites (N-methyl/N-ethyl adjacent to an activating group) is 1. The number of nitrogens with zero attached hydrogens (tertiary/aromatic N) is 10. The van der Waals surface area contributed by atoms with Gasteiger partial charge in [-0.05, 0) is 30.8 Å². The van der Waals surface area contributed by atoms with Gasteiger partial charge in [0.2, 0.25) is 5.91 Å². The molecule has 50 heavy (non-hydrogen) atoms. The smallest absolute Gasteiger partial charge is 0.223 e. The molecule has 2 saturated heterocycles. The van der Waals surface area contributed by atoms with Crippen LogP contribution in [0.1, 0.15) is 17.7 Å². The molecule has 0 saturated carbocycles. The number of rotatable bonds is 16. The molecule has 16 heteroatoms. The lowest BCUT2D eigenvalue weighted by Gasteiger charge is -2.34. The standard InChI is InChI=1S/C34H43N11O4S/c1-42(15-19-48-18-9-36-41-35)10-3-4-25(46)7-8-31(47)44-13-11-43(12-14-44)24-26-22-30-32(50-26)34(45-16-20-49-21-17-45)39-33(38-30)27-5-2-6-29-28(27)23-37-40-29/h2-6,22-23H,7-21,24H2,1H3,(H,37,40)/b4-3+. The number of aromatic nitrogens is 4. The van der Waals surface area contributed by atoms with E-state index in [1.54, 1.807) is 17.4 Å². The Bertz CT molecular complexity index is 1840. The van der Waals surface area contributed by atoms with Gasteiger partial charge in [-0.25, -0.2) is 9.97 Å². The summed E-state index contributed by atoms with van der Waals surface area (Å²) in [7, 11) is 1.94. The first-order chi connectivity index (χ1) is 24.5. The van der Waals surface area contributed by atoms with Crippen LogP contribution < -0.4 is 4.90 Å². The fourth-order valence-electron chi connectivity index (χ4n) is 6.09. The van der Waals surface area contributed by atoms with Crippen LogP contribution in [0.2, 0.25) is 0 Å². The Morgan fingerprint density at radius 1 is 1.14 bits per heavy atom. The van der Waals surface area contributed by atoms with Crippen LogP contribution in [0, 0.1) is 0 Å². The fraction of sp³-hybridized carbons (Fsp3) is 0.500. The third-order valence-electron chi connectivity index (χ3n) is 8.87. The van der Waals surface area contributed by atoms with Gasteiger partial charge in [-0.1, -0.05) is 23.3 Å². The summed E-state index contributed by atoms with van der Waals surface area (Å²) in [4.78, 5) is 48.0. The second-order valence-electron chi connectivity index (χ2n) is 12.4. The Hall–Kier alpha value is -4.44. The normalized spacial score (nSPS) is 15.8. The molecule has 1 N–H and O–H groups in total. The fourth-order valence-corrected chi connectivity index (χ4v) is 7.25. The van der Waals surface area contributed by atoms with Crippen LogP contribution in [-0.2, 0) is 25.6 Å². The number of piperazine rings is 1. The first-order valence-electron chi connectivity index (χ1n) is 17.0. The number of anilines is 1. The second kappa shape index (κ2) is 17.5. The van der Waals surface area contributed by atoms with Gasteiger partial charge in [0, 0.05) is 99.0 Å². The Labute approximate surface area is 294 Å². The number of nitrogens with one attached hydrogen (secondary N) is 1. The van der Waals surface area contributed by atoms with Crippen molar-refractivity contribution >= 4 is 50.0 Å². The van der Waals surface area contributed by atoms with Crippen LogP contribution in [0.3, 0.4) is 0 Å². The summed E-state index contributed by atoms with van der Waals surface area (Å²) in [6.07, 6.45) is 5.62. The zero-order valence-electron chi connectivity index (χ0n) is 28.4. The van der Waals surface area contributed by atoms with Crippen LogP contribution >= 0.6 is 11.3 Å². The highest BCUT2D eigenvalue weighted by Crippen LogP contribution is 2.36. The van der Waals surface area contributed by atoms with Gasteiger partial charge < -0.3 is 24.2 Å². The van der Waals surface area contributed by atoms with Crippen molar-refractivity contribution < 1.29 is 19.1 Å². The SMILES string of the molecule is CN(C/C=C/C(=O)CCC(=O)N1CCN(Cc2cc3nc(-c4cccc5[nH]ncc45)nc(N4CCOCC4)c3s2)CC1)CCOCCN=[N+]=[N-]. The number of allylic oxidation sites excluding steroid dienone is 1. The molecule has 2 aliphatic heterocycles. The third-order valence-corrected chi connectivity index (χ3v) is 9.97. The zero-order chi connectivity index (χ0) is 34.7. The van der Waals surface area contributed by atoms with E-state index < -0.39 is 0 Å². The number of ketones is 1. The first kappa shape index (κ1) is 35.4. The van der Waals surface area contributed by atoms with Crippen LogP contribution in [0.4, 0.5) is 5.82 Å². The molecule has 1 amide bonds. The molecule has 0 bridgehead atoms. The molecule has 5 heterocycles. The molecule has 264 valence electrons. The first-order valence-corrected chi connectivity index (χ1v) is 17.8. The van der Waals surface area contributed by atoms with Crippen molar-refractivity contribution in [2.24, 2.45) is 5.11 Å². The molecule has 15 nitrogen and oxygen atoms in total. The summed E-state index contributed by atoms with van der Waals surface area (Å²) in [5.74, 6) is 1.60. The summed E-state index contributed by atoms with van der Waals surface area (Å²) < 4.78 is 12.1. The lowest BCUT2D eigenvalue weighted by atomic mass is 10.1. The van der Waals surface area contributed by atoms with Crippen molar-refractivity contribution in [1.82, 2.24) is 34.9 Å². The minimum atomic E-state index is -0.0510. The number of thiophene rings is 1. The Balaban J connectivity index is 0.998. The summed E-state index contributed by atoms with van der Waals surface area (Å²) in [6, 6.07) is 8.22. The molecule has 4 aromatic rings. The summed E-state index contributed by atoms with van der Waals surface area (Å²) in [5, 5.41) is 11.7. The largest absolute Gasteiger partial charge is 0.380 e. The van der Waals surface area contributed by atoms with E-state index in [0.29, 0.717) is 65.0 Å². The maximum atomic E-state index is 12.9. The molecule has 2 aliphatic rings. The van der Waals surface area contributed by atoms with E-state index in [1.807, 2.05) is 47.3 Å². The minimum absolute atomic E-state index is 0.0221. The summed E-state index contributed by atoms with van der Waals surface area (Å²) in [6.45, 7) is 9.01. The Morgan fingerprint density at radius 2 is 1.98 bits per heavy atom. The quantitative estimate of drug-likeness (QED) is 0.0595. The average molecular weight is 702 g/mol. The van der Waals surface area contributed by atoms with Crippen molar-refractivity contribution in [2.75, 3.05) is 97.3 Å². The lowest BCUT2D eigenvalue weighted by Crippen LogP contribution is -2.48. The predicted molar refractivity (Wildman–Crippen MR) is 193 cm³/mol. The third kappa shape index (κ3) is 9.21. The number of morpholine rings is 1. The highest BCUT2D eigenvalue weighted by molar-refractivity contribution is 7.19. The molecule has 0 aliphatic carbocycles. The highest BCUT2D eigenvalue weighted by atomic mass is 32.1. The zero-order valence-corrected chi connectivity index (χ0v) is 29.2. The number of aromatic amines is 1. The topological polar surface area (TPSA) is 169 Å². The molecular formula is C34H43N11O4S. The molecule has 3 aromatic heterocycles. The van der Waals surface area contributed by atoms with Crippen molar-refractivity contribution in [2.45, 2.75) is 19.4 Å². The molecule has 6 rings (SSSR count). The van der Waals surface area contributed by atoms with E-state index in [9.17, 15) is 9.59 Å². The number of hydrogen-bond donors (Lipinski definition) is 1. The van der Waals surface area contributed by atoms with Gasteiger partial charge in [0.15, 0.2) is 17.4 Å². The van der Waals surface area contributed by atoms with Crippen molar-refractivity contribution in [3.8, 4) is 11.4 Å². The van der Waals surface area contributed by atoms with Gasteiger partial charge in [-0.2, -0.15) is 5.10 Å². The number of azide groups is 1. The van der Waals surface area contributed by atoms with Gasteiger partial charge in [0.05, 0.1) is 48.4 Å². The maximum Gasteiger partial charge on any atom is 0.223 e. The van der Waals surface area contributed by atoms with Crippen LogP contribution in [0.15, 0.2) is 47.7 Å². The average Bonchev–Trinajstić information content (AvgIpc) is 3.79. The molecule has 2 fully saturated rings. The lowest BCUT2D eigenvalue weighted by molar-refractivity contribution is -0.134. The highest BCUT2D eigenvalue weighted by Gasteiger charge is 2.24. The van der Waals surface area contributed by atoms with Gasteiger partial charge in [-0.3, -0.25) is 19.6 Å². The monoisotopic (exact) mass is 701 g/mol. The van der Waals surface area contributed by atoms with Crippen molar-refractivity contribution in [3.05, 3.63) is 57.9 Å². The van der Waals surface area contributed by atoms with Crippen LogP contribution in [0.5, 0.6) is 0 Å². The van der Waals surface area contributed by atoms with Gasteiger partial charge in [0.1, 0.15) is 0 Å². The Kier molecular flexibility index (Phi) is 12.4. The van der Waals surface area contributed by atoms with E-state index in [2.05, 4.69) is 36.1 Å². The number of fused-ring (bicyclic) bond motifs is 2. The molecular weight excluding hydrogens is 659 g/mol. The number of H-pyrrole nitrogens is 1. The van der Waals surface area contributed by atoms with E-state index in [-0.39, 0.29) is 24.5 Å². The van der Waals surface area contributed by atoms with E-state index in [4.69, 9.17) is 25.0 Å². The number of hydrogen-bond acceptors (Lipinski definition) is 12. The van der Waals surface area contributed by atoms with Gasteiger partial charge >= 0.3 is 0 Å². The molecule has 1 aromatic carbocycles. The van der Waals surface area contributed by atoms with E-state index in [1.165, 1.54) is 4.88 Å². The number of carbonyl (C=O) groups excluding carboxylic acids is 2. The number of benzene rings is 1. The van der Waals surface area contributed by atoms with Crippen molar-refractivity contribution in [3.63, 3.8) is 0 Å². The summed E-state index contributed by atoms with van der Waals surface area (Å²) >= 11 is 1.74. The number of amides is 1. The van der Waals surface area contributed by atoms with Crippen LogP contribution in [-0.4, -0.2) is 139 Å². The maximum absolute atomic E-state index is 12.9. The minimum Gasteiger partial charge on any atom is -0.380 e. The predicted octanol–water partition coefficient (Wildman–Crippen LogP) is 3.88. The van der Waals surface area contributed by atoms with E-state index >= 15 is 0 Å². The summed E-state index contributed by atoms with van der Waals surface area (Å²) in [5.41, 5.74) is 11.1. The molecule has 0 radical (unpaired) electrons. The molecule has 0 atom stereocenters. The van der Waals surface area contributed by atoms with Gasteiger partial charge in [-0.15, -0.1) is 11.3 Å². The van der Waals surface area contributed by atoms with Gasteiger partial charge in [0.25, 0.3) is 0 Å². The Morgan fingerprint density at radius 3 is 2.80 bits per heavy atom. The molecule has 0 spiro atoms. The van der Waals surface area contributed by atoms with E-state index in [0.717, 1.165) is 65.2 Å². The van der Waals surface area contributed by atoms with Crippen LogP contribution in [0.25, 0.3) is 43.0 Å². The number of carbonyl (C=O) groups is 2. The van der Waals surface area contributed by atoms with Crippen molar-refractivity contribution in [1.29, 1.82) is 0 Å². The molecule has 0 unspecified atom stereocenters.